The van der Waals surface area contributed by atoms with Crippen LogP contribution in [0.3, 0.4) is 0 Å². The second kappa shape index (κ2) is 24.1. The van der Waals surface area contributed by atoms with Crippen molar-refractivity contribution in [2.45, 2.75) is 138 Å². The third kappa shape index (κ3) is 12.6. The molecule has 5 aliphatic heterocycles. The molecule has 1 aromatic heterocycles. The van der Waals surface area contributed by atoms with Crippen molar-refractivity contribution in [3.8, 4) is 5.75 Å². The number of carbonyl (C=O) groups excluding carboxylic acids is 9. The number of rotatable bonds is 13. The zero-order valence-corrected chi connectivity index (χ0v) is 41.3. The molecule has 8 amide bonds. The highest BCUT2D eigenvalue weighted by Gasteiger charge is 2.57. The number of aliphatic hydroxyl groups excluding tert-OH is 3. The van der Waals surface area contributed by atoms with Crippen molar-refractivity contribution in [3.05, 3.63) is 23.8 Å². The first-order chi connectivity index (χ1) is 34.2. The first kappa shape index (κ1) is 55.3. The smallest absolute Gasteiger partial charge is 0.244 e. The molecule has 0 radical (unpaired) electrons. The fourth-order valence-corrected chi connectivity index (χ4v) is 11.0. The summed E-state index contributed by atoms with van der Waals surface area (Å²) in [6, 6.07) is -5.39. The first-order valence-electron chi connectivity index (χ1n) is 24.2. The number of primary amides is 1. The molecule has 396 valence electrons. The molecule has 72 heavy (non-hydrogen) atoms. The minimum absolute atomic E-state index is 0.0172. The molecule has 25 nitrogen and oxygen atoms in total. The summed E-state index contributed by atoms with van der Waals surface area (Å²) in [6.45, 7) is 2.35. The summed E-state index contributed by atoms with van der Waals surface area (Å²) >= 11 is 0. The summed E-state index contributed by atoms with van der Waals surface area (Å²) in [7, 11) is -2.35. The van der Waals surface area contributed by atoms with Gasteiger partial charge < -0.3 is 73.7 Å². The highest BCUT2D eigenvalue weighted by atomic mass is 32.2. The number of nitrogens with one attached hydrogen (secondary N) is 8. The lowest BCUT2D eigenvalue weighted by Gasteiger charge is -2.45. The number of ether oxygens (including phenoxy) is 1. The number of benzene rings is 1. The van der Waals surface area contributed by atoms with Gasteiger partial charge in [0.1, 0.15) is 41.0 Å². The van der Waals surface area contributed by atoms with Crippen LogP contribution in [0.25, 0.3) is 10.9 Å². The molecule has 1 saturated heterocycles. The van der Waals surface area contributed by atoms with Crippen molar-refractivity contribution in [1.29, 1.82) is 0 Å². The van der Waals surface area contributed by atoms with E-state index in [9.17, 15) is 57.9 Å². The molecular weight excluding hydrogens is 963 g/mol. The van der Waals surface area contributed by atoms with Gasteiger partial charge in [0.15, 0.2) is 0 Å². The quantitative estimate of drug-likeness (QED) is 0.0840. The van der Waals surface area contributed by atoms with Gasteiger partial charge in [-0.2, -0.15) is 0 Å². The number of nitrogens with zero attached hydrogens (tertiary/aromatic N) is 1. The van der Waals surface area contributed by atoms with Gasteiger partial charge in [0.05, 0.1) is 66.4 Å². The average Bonchev–Trinajstić information content (AvgIpc) is 3.92. The SMILES string of the molecule is CC[C@H](C)[C@@H]1NC(=O)CNC(=O)C2Cc3c4[nH]c5cc(ccc35)OC(CCCCCCN)(C(=O)[C@H](CC(N)=O)NC(=O)C(CS4=O)NC(=O)CNC1=O)N1CC(O)C[C@H]1C(=O)N[C@@H]([C@@H](C)[C@@H](O)CO)C(=O)N2. The number of aliphatic hydroxyl groups is 3. The standard InChI is InChI=1S/C46H67N11O14S/c1-4-22(2)37-43(68)50-17-35(62)51-31-21-72(70)45-27-15-30(40(65)49-18-36(63)55-37)53-44(69)38(23(3)33(60)20-58)56-42(67)32-13-24(59)19-57(32)46(11-7-5-6-8-12-47,39(64)29(16-34(48)61)52-41(31)66)71-25-9-10-26(27)28(14-25)54-45/h9-10,14,22-24,29-33,37-38,54,58-60H,4-8,11-13,15-21,47H2,1-3H3,(H2,48,61)(H,49,65)(H,50,68)(H,51,62)(H,52,66)(H,53,69)(H,55,63)(H,56,67)/t22-,23-,24?,29-,30?,31?,32-,33-,37-,38-,46?,72?/m0/s1. The van der Waals surface area contributed by atoms with Gasteiger partial charge in [-0.1, -0.05) is 40.0 Å². The molecule has 8 bridgehead atoms. The maximum absolute atomic E-state index is 15.8. The zero-order chi connectivity index (χ0) is 52.6. The van der Waals surface area contributed by atoms with Crippen molar-refractivity contribution >= 4 is 74.7 Å². The number of carbonyl (C=O) groups is 9. The van der Waals surface area contributed by atoms with E-state index in [4.69, 9.17) is 16.2 Å². The van der Waals surface area contributed by atoms with Crippen molar-refractivity contribution < 1.29 is 67.4 Å². The number of amides is 8. The van der Waals surface area contributed by atoms with E-state index in [-0.39, 0.29) is 41.1 Å². The average molecular weight is 1030 g/mol. The molecule has 12 atom stereocenters. The van der Waals surface area contributed by atoms with E-state index in [1.807, 2.05) is 0 Å². The Morgan fingerprint density at radius 3 is 2.25 bits per heavy atom. The third-order valence-corrected chi connectivity index (χ3v) is 15.3. The molecule has 15 N–H and O–H groups in total. The molecule has 1 aromatic carbocycles. The Labute approximate surface area is 417 Å². The highest BCUT2D eigenvalue weighted by Crippen LogP contribution is 2.39. The van der Waals surface area contributed by atoms with Crippen molar-refractivity contribution in [2.24, 2.45) is 23.3 Å². The number of unbranched alkanes of at least 4 members (excludes halogenated alkanes) is 3. The van der Waals surface area contributed by atoms with Gasteiger partial charge in [0.25, 0.3) is 0 Å². The van der Waals surface area contributed by atoms with E-state index in [1.54, 1.807) is 13.8 Å². The molecule has 0 saturated carbocycles. The van der Waals surface area contributed by atoms with Gasteiger partial charge in [0.2, 0.25) is 58.8 Å². The third-order valence-electron chi connectivity index (χ3n) is 13.9. The normalized spacial score (nSPS) is 29.5. The highest BCUT2D eigenvalue weighted by molar-refractivity contribution is 7.85. The van der Waals surface area contributed by atoms with E-state index in [2.05, 4.69) is 42.2 Å². The van der Waals surface area contributed by atoms with Crippen LogP contribution >= 0.6 is 0 Å². The Morgan fingerprint density at radius 2 is 1.57 bits per heavy atom. The maximum Gasteiger partial charge on any atom is 0.244 e. The Bertz CT molecular complexity index is 2440. The summed E-state index contributed by atoms with van der Waals surface area (Å²) in [4.78, 5) is 133. The topological polar surface area (TPSA) is 396 Å². The van der Waals surface area contributed by atoms with Crippen molar-refractivity contribution in [2.75, 3.05) is 38.5 Å². The number of nitrogens with two attached hydrogens (primary N) is 2. The maximum atomic E-state index is 15.8. The van der Waals surface area contributed by atoms with Crippen LogP contribution in [0.2, 0.25) is 0 Å². The second-order valence-corrected chi connectivity index (χ2v) is 20.4. The van der Waals surface area contributed by atoms with Crippen LogP contribution in [0.15, 0.2) is 23.2 Å². The van der Waals surface area contributed by atoms with Gasteiger partial charge in [0, 0.05) is 36.8 Å². The number of fused-ring (bicyclic) bond motifs is 7. The van der Waals surface area contributed by atoms with Gasteiger partial charge in [-0.05, 0) is 49.4 Å². The summed E-state index contributed by atoms with van der Waals surface area (Å²) in [5, 5.41) is 50.5. The Balaban J connectivity index is 1.67. The molecule has 0 aliphatic carbocycles. The first-order valence-corrected chi connectivity index (χ1v) is 25.6. The van der Waals surface area contributed by atoms with E-state index in [0.29, 0.717) is 37.6 Å². The Kier molecular flexibility index (Phi) is 18.5. The summed E-state index contributed by atoms with van der Waals surface area (Å²) in [5.74, 6) is -11.4. The van der Waals surface area contributed by atoms with Crippen LogP contribution in [-0.2, 0) is 60.4 Å². The number of hydrogen-bond donors (Lipinski definition) is 13. The molecule has 26 heteroatoms. The fraction of sp³-hybridized carbons (Fsp3) is 0.630. The minimum atomic E-state index is -2.35. The molecule has 5 unspecified atom stereocenters. The number of aromatic amines is 1. The summed E-state index contributed by atoms with van der Waals surface area (Å²) in [6.07, 6.45) is -2.67. The number of Topliss-reactive ketones (excluding diaryl/α,β-unsaturated/α-hetero) is 1. The predicted octanol–water partition coefficient (Wildman–Crippen LogP) is -4.59. The lowest BCUT2D eigenvalue weighted by atomic mass is 9.89. The summed E-state index contributed by atoms with van der Waals surface area (Å²) in [5.41, 5.74) is 9.55. The van der Waals surface area contributed by atoms with Crippen LogP contribution in [0.4, 0.5) is 0 Å². The van der Waals surface area contributed by atoms with Crippen LogP contribution in [0.5, 0.6) is 5.75 Å². The van der Waals surface area contributed by atoms with Crippen LogP contribution in [0, 0.1) is 11.8 Å². The molecular formula is C46H67N11O14S. The van der Waals surface area contributed by atoms with E-state index in [1.165, 1.54) is 30.0 Å². The Hall–Kier alpha value is -6.06. The van der Waals surface area contributed by atoms with Gasteiger partial charge in [-0.15, -0.1) is 0 Å². The molecule has 0 spiro atoms. The lowest BCUT2D eigenvalue weighted by Crippen LogP contribution is -2.68. The molecule has 1 fully saturated rings. The molecule has 7 rings (SSSR count). The van der Waals surface area contributed by atoms with Gasteiger partial charge >= 0.3 is 0 Å². The minimum Gasteiger partial charge on any atom is -0.465 e. The van der Waals surface area contributed by atoms with E-state index < -0.39 is 175 Å². The number of H-pyrrole nitrogens is 1. The summed E-state index contributed by atoms with van der Waals surface area (Å²) < 4.78 is 21.7. The number of ketones is 1. The molecule has 5 aliphatic rings. The van der Waals surface area contributed by atoms with E-state index >= 15 is 4.79 Å². The number of hydrogen-bond acceptors (Lipinski definition) is 16. The largest absolute Gasteiger partial charge is 0.465 e. The van der Waals surface area contributed by atoms with E-state index in [0.717, 1.165) is 0 Å². The monoisotopic (exact) mass is 1030 g/mol. The lowest BCUT2D eigenvalue weighted by molar-refractivity contribution is -0.166. The van der Waals surface area contributed by atoms with Crippen molar-refractivity contribution in [1.82, 2.24) is 47.1 Å². The second-order valence-electron chi connectivity index (χ2n) is 19.0. The molecule has 2 aromatic rings. The fourth-order valence-electron chi connectivity index (χ4n) is 9.62. The van der Waals surface area contributed by atoms with Crippen molar-refractivity contribution in [3.63, 3.8) is 0 Å². The van der Waals surface area contributed by atoms with Crippen LogP contribution in [-0.4, -0.2) is 175 Å². The number of aromatic nitrogens is 1. The van der Waals surface area contributed by atoms with Crippen LogP contribution in [0.1, 0.15) is 77.7 Å². The zero-order valence-electron chi connectivity index (χ0n) is 40.5. The predicted molar refractivity (Wildman–Crippen MR) is 256 cm³/mol. The molecule has 6 heterocycles. The van der Waals surface area contributed by atoms with Crippen LogP contribution < -0.4 is 53.4 Å². The Morgan fingerprint density at radius 1 is 0.875 bits per heavy atom. The van der Waals surface area contributed by atoms with Gasteiger partial charge in [-0.3, -0.25) is 47.4 Å². The van der Waals surface area contributed by atoms with Gasteiger partial charge in [-0.25, -0.2) is 4.90 Å².